The monoisotopic (exact) mass is 311 g/mol. The number of hydrogen-bond donors (Lipinski definition) is 0. The van der Waals surface area contributed by atoms with E-state index in [2.05, 4.69) is 90.4 Å². The highest BCUT2D eigenvalue weighted by Crippen LogP contribution is 2.33. The van der Waals surface area contributed by atoms with Crippen molar-refractivity contribution in [1.29, 1.82) is 0 Å². The van der Waals surface area contributed by atoms with Gasteiger partial charge in [0, 0.05) is 23.3 Å². The summed E-state index contributed by atoms with van der Waals surface area (Å²) in [6, 6.07) is 21.3. The number of benzene rings is 2. The van der Waals surface area contributed by atoms with E-state index in [0.29, 0.717) is 0 Å². The Balaban J connectivity index is 2.09. The molecule has 0 unspecified atom stereocenters. The molecule has 2 nitrogen and oxygen atoms in total. The van der Waals surface area contributed by atoms with Gasteiger partial charge in [0.2, 0.25) is 5.69 Å². The quantitative estimate of drug-likeness (QED) is 0.490. The molecular formula is C22H19N2+. The van der Waals surface area contributed by atoms with Gasteiger partial charge in [-0.05, 0) is 42.3 Å². The third kappa shape index (κ3) is 2.37. The Morgan fingerprint density at radius 3 is 2.17 bits per heavy atom. The summed E-state index contributed by atoms with van der Waals surface area (Å²) in [4.78, 5) is 4.14. The highest BCUT2D eigenvalue weighted by molar-refractivity contribution is 6.02. The van der Waals surface area contributed by atoms with Gasteiger partial charge in [0.1, 0.15) is 7.05 Å². The van der Waals surface area contributed by atoms with Gasteiger partial charge in [-0.2, -0.15) is 4.57 Å². The van der Waals surface area contributed by atoms with Crippen molar-refractivity contribution in [2.24, 2.45) is 7.05 Å². The van der Waals surface area contributed by atoms with Crippen LogP contribution in [0.15, 0.2) is 79.3 Å². The number of aromatic nitrogens is 2. The molecule has 0 aliphatic heterocycles. The number of fused-ring (bicyclic) bond motifs is 1. The van der Waals surface area contributed by atoms with Crippen molar-refractivity contribution in [3.8, 4) is 22.4 Å². The zero-order valence-electron chi connectivity index (χ0n) is 13.9. The average molecular weight is 311 g/mol. The van der Waals surface area contributed by atoms with Crippen LogP contribution in [-0.2, 0) is 7.05 Å². The molecule has 0 aliphatic carbocycles. The van der Waals surface area contributed by atoms with E-state index in [1.807, 2.05) is 12.4 Å². The molecule has 0 aliphatic rings. The zero-order valence-corrected chi connectivity index (χ0v) is 13.9. The maximum Gasteiger partial charge on any atom is 0.220 e. The molecule has 0 saturated heterocycles. The maximum atomic E-state index is 4.14. The first-order valence-electron chi connectivity index (χ1n) is 8.13. The third-order valence-corrected chi connectivity index (χ3v) is 4.54. The fourth-order valence-corrected chi connectivity index (χ4v) is 3.38. The molecule has 2 heterocycles. The van der Waals surface area contributed by atoms with Gasteiger partial charge in [0.05, 0.1) is 10.9 Å². The Bertz CT molecular complexity index is 1020. The van der Waals surface area contributed by atoms with E-state index in [1.165, 1.54) is 38.7 Å². The highest BCUT2D eigenvalue weighted by atomic mass is 14.9. The van der Waals surface area contributed by atoms with Crippen LogP contribution in [0.3, 0.4) is 0 Å². The summed E-state index contributed by atoms with van der Waals surface area (Å²) < 4.78 is 2.24. The van der Waals surface area contributed by atoms with Gasteiger partial charge >= 0.3 is 0 Å². The summed E-state index contributed by atoms with van der Waals surface area (Å²) in [5, 5.41) is 2.53. The molecule has 0 spiro atoms. The number of hydrogen-bond acceptors (Lipinski definition) is 1. The molecule has 4 aromatic rings. The first-order chi connectivity index (χ1) is 11.8. The second-order valence-corrected chi connectivity index (χ2v) is 6.10. The Morgan fingerprint density at radius 2 is 1.42 bits per heavy atom. The first-order valence-corrected chi connectivity index (χ1v) is 8.13. The molecule has 0 N–H and O–H groups in total. The van der Waals surface area contributed by atoms with Gasteiger partial charge in [-0.15, -0.1) is 0 Å². The fourth-order valence-electron chi connectivity index (χ4n) is 3.38. The Hall–Kier alpha value is -3.00. The summed E-state index contributed by atoms with van der Waals surface area (Å²) in [6.07, 6.45) is 5.91. The van der Waals surface area contributed by atoms with Crippen LogP contribution in [0.1, 0.15) is 5.56 Å². The molecule has 116 valence electrons. The Labute approximate surface area is 142 Å². The van der Waals surface area contributed by atoms with Gasteiger partial charge in [-0.25, -0.2) is 0 Å². The average Bonchev–Trinajstić information content (AvgIpc) is 2.63. The van der Waals surface area contributed by atoms with Gasteiger partial charge in [-0.1, -0.05) is 36.4 Å². The van der Waals surface area contributed by atoms with E-state index in [-0.39, 0.29) is 0 Å². The summed E-state index contributed by atoms with van der Waals surface area (Å²) in [7, 11) is 2.12. The van der Waals surface area contributed by atoms with E-state index in [0.717, 1.165) is 0 Å². The minimum absolute atomic E-state index is 1.19. The molecule has 0 saturated carbocycles. The smallest absolute Gasteiger partial charge is 0.220 e. The second kappa shape index (κ2) is 5.89. The van der Waals surface area contributed by atoms with Crippen LogP contribution in [-0.4, -0.2) is 4.98 Å². The van der Waals surface area contributed by atoms with E-state index in [1.54, 1.807) is 0 Å². The predicted molar refractivity (Wildman–Crippen MR) is 98.5 cm³/mol. The molecule has 0 fully saturated rings. The molecule has 0 bridgehead atoms. The lowest BCUT2D eigenvalue weighted by Gasteiger charge is -2.11. The molecule has 0 amide bonds. The van der Waals surface area contributed by atoms with Crippen molar-refractivity contribution in [3.63, 3.8) is 0 Å². The minimum atomic E-state index is 1.19. The van der Waals surface area contributed by atoms with Crippen molar-refractivity contribution in [3.05, 3.63) is 84.8 Å². The third-order valence-electron chi connectivity index (χ3n) is 4.54. The topological polar surface area (TPSA) is 16.8 Å². The van der Waals surface area contributed by atoms with Crippen molar-refractivity contribution >= 4 is 10.8 Å². The van der Waals surface area contributed by atoms with Crippen LogP contribution >= 0.6 is 0 Å². The lowest BCUT2D eigenvalue weighted by Crippen LogP contribution is -2.31. The van der Waals surface area contributed by atoms with Crippen LogP contribution in [0.4, 0.5) is 0 Å². The lowest BCUT2D eigenvalue weighted by molar-refractivity contribution is -0.658. The van der Waals surface area contributed by atoms with Gasteiger partial charge in [0.25, 0.3) is 0 Å². The maximum absolute atomic E-state index is 4.14. The number of pyridine rings is 2. The molecule has 24 heavy (non-hydrogen) atoms. The van der Waals surface area contributed by atoms with Crippen molar-refractivity contribution in [2.45, 2.75) is 6.92 Å². The molecular weight excluding hydrogens is 292 g/mol. The van der Waals surface area contributed by atoms with Gasteiger partial charge in [-0.3, -0.25) is 4.98 Å². The van der Waals surface area contributed by atoms with E-state index < -0.39 is 0 Å². The van der Waals surface area contributed by atoms with Crippen LogP contribution in [0.5, 0.6) is 0 Å². The summed E-state index contributed by atoms with van der Waals surface area (Å²) in [6.45, 7) is 2.17. The lowest BCUT2D eigenvalue weighted by atomic mass is 9.95. The van der Waals surface area contributed by atoms with Crippen molar-refractivity contribution in [1.82, 2.24) is 4.98 Å². The Morgan fingerprint density at radius 1 is 0.750 bits per heavy atom. The molecule has 0 radical (unpaired) electrons. The number of nitrogens with zero attached hydrogens (tertiary/aromatic N) is 2. The molecule has 0 atom stereocenters. The van der Waals surface area contributed by atoms with Crippen LogP contribution < -0.4 is 4.57 Å². The number of aryl methyl sites for hydroxylation is 2. The highest BCUT2D eigenvalue weighted by Gasteiger charge is 2.20. The van der Waals surface area contributed by atoms with Crippen molar-refractivity contribution in [2.75, 3.05) is 0 Å². The second-order valence-electron chi connectivity index (χ2n) is 6.10. The van der Waals surface area contributed by atoms with Crippen LogP contribution in [0, 0.1) is 6.92 Å². The van der Waals surface area contributed by atoms with E-state index in [9.17, 15) is 0 Å². The molecule has 2 aromatic carbocycles. The van der Waals surface area contributed by atoms with Gasteiger partial charge < -0.3 is 0 Å². The largest absolute Gasteiger partial charge is 0.265 e. The standard InChI is InChI=1S/C22H19N2/c1-16-7-3-4-8-18(16)22-20-10-6-5-9-19(20)21(15-24(22)2)17-11-13-23-14-12-17/h3-15H,1-2H3/q+1. The van der Waals surface area contributed by atoms with Crippen LogP contribution in [0.25, 0.3) is 33.2 Å². The molecule has 4 rings (SSSR count). The fraction of sp³-hybridized carbons (Fsp3) is 0.0909. The summed E-state index contributed by atoms with van der Waals surface area (Å²) in [5.41, 5.74) is 6.23. The normalized spacial score (nSPS) is 10.9. The Kier molecular flexibility index (Phi) is 3.58. The zero-order chi connectivity index (χ0) is 16.5. The van der Waals surface area contributed by atoms with E-state index >= 15 is 0 Å². The molecule has 2 aromatic heterocycles. The summed E-state index contributed by atoms with van der Waals surface area (Å²) >= 11 is 0. The van der Waals surface area contributed by atoms with Crippen LogP contribution in [0.2, 0.25) is 0 Å². The van der Waals surface area contributed by atoms with Gasteiger partial charge in [0.15, 0.2) is 6.20 Å². The van der Waals surface area contributed by atoms with E-state index in [4.69, 9.17) is 0 Å². The first kappa shape index (κ1) is 14.6. The predicted octanol–water partition coefficient (Wildman–Crippen LogP) is 4.70. The van der Waals surface area contributed by atoms with Crippen molar-refractivity contribution < 1.29 is 4.57 Å². The summed E-state index contributed by atoms with van der Waals surface area (Å²) in [5.74, 6) is 0. The SMILES string of the molecule is Cc1ccccc1-c1c2ccccc2c(-c2ccncc2)c[n+]1C. The minimum Gasteiger partial charge on any atom is -0.265 e. The number of rotatable bonds is 2. The molecule has 2 heteroatoms.